The van der Waals surface area contributed by atoms with Gasteiger partial charge in [0, 0.05) is 10.7 Å². The second-order valence-electron chi connectivity index (χ2n) is 5.04. The summed E-state index contributed by atoms with van der Waals surface area (Å²) in [7, 11) is 0. The molecule has 2 rings (SSSR count). The van der Waals surface area contributed by atoms with Crippen molar-refractivity contribution >= 4 is 40.8 Å². The summed E-state index contributed by atoms with van der Waals surface area (Å²) in [5, 5.41) is 2.90. The summed E-state index contributed by atoms with van der Waals surface area (Å²) in [6.07, 6.45) is 0. The number of aryl methyl sites for hydroxylation is 1. The molecule has 0 aromatic heterocycles. The maximum atomic E-state index is 13.0. The topological polar surface area (TPSA) is 64.6 Å². The highest BCUT2D eigenvalue weighted by Gasteiger charge is 2.10. The zero-order chi connectivity index (χ0) is 18.4. The summed E-state index contributed by atoms with van der Waals surface area (Å²) in [4.78, 5) is 23.3. The smallest absolute Gasteiger partial charge is 0.344 e. The highest BCUT2D eigenvalue weighted by molar-refractivity contribution is 6.31. The van der Waals surface area contributed by atoms with Gasteiger partial charge in [0.05, 0.1) is 5.02 Å². The molecule has 0 heterocycles. The van der Waals surface area contributed by atoms with Crippen molar-refractivity contribution in [3.8, 4) is 5.75 Å². The Morgan fingerprint density at radius 2 is 1.84 bits per heavy atom. The molecule has 0 fully saturated rings. The number of amides is 1. The van der Waals surface area contributed by atoms with Gasteiger partial charge in [-0.1, -0.05) is 23.2 Å². The molecule has 0 aliphatic rings. The van der Waals surface area contributed by atoms with Gasteiger partial charge in [0.2, 0.25) is 0 Å². The first-order chi connectivity index (χ1) is 11.8. The Labute approximate surface area is 153 Å². The van der Waals surface area contributed by atoms with Crippen molar-refractivity contribution in [2.45, 2.75) is 6.92 Å². The Hall–Kier alpha value is -2.31. The van der Waals surface area contributed by atoms with E-state index >= 15 is 0 Å². The van der Waals surface area contributed by atoms with E-state index in [2.05, 4.69) is 5.32 Å². The molecule has 0 aliphatic heterocycles. The minimum atomic E-state index is -0.708. The normalized spacial score (nSPS) is 10.2. The second-order valence-corrected chi connectivity index (χ2v) is 5.85. The Balaban J connectivity index is 1.76. The standard InChI is InChI=1S/C17H14Cl2FNO4/c1-10-6-12(3-4-13(10)18)24-9-17(23)25-8-16(22)21-11-2-5-15(20)14(19)7-11/h2-7H,8-9H2,1H3,(H,21,22). The zero-order valence-electron chi connectivity index (χ0n) is 13.1. The van der Waals surface area contributed by atoms with Gasteiger partial charge in [-0.3, -0.25) is 4.79 Å². The molecule has 0 spiro atoms. The minimum absolute atomic E-state index is 0.124. The van der Waals surface area contributed by atoms with Gasteiger partial charge >= 0.3 is 5.97 Å². The first-order valence-electron chi connectivity index (χ1n) is 7.14. The number of nitrogens with one attached hydrogen (secondary N) is 1. The first-order valence-corrected chi connectivity index (χ1v) is 7.90. The summed E-state index contributed by atoms with van der Waals surface area (Å²) in [5.41, 5.74) is 1.10. The van der Waals surface area contributed by atoms with Gasteiger partial charge in [-0.2, -0.15) is 0 Å². The lowest BCUT2D eigenvalue weighted by Crippen LogP contribution is -2.23. The summed E-state index contributed by atoms with van der Waals surface area (Å²) in [6, 6.07) is 8.66. The largest absolute Gasteiger partial charge is 0.482 e. The highest BCUT2D eigenvalue weighted by Crippen LogP contribution is 2.21. The maximum Gasteiger partial charge on any atom is 0.344 e. The molecule has 132 valence electrons. The van der Waals surface area contributed by atoms with Crippen LogP contribution >= 0.6 is 23.2 Å². The fourth-order valence-corrected chi connectivity index (χ4v) is 2.11. The van der Waals surface area contributed by atoms with Crippen LogP contribution in [0.25, 0.3) is 0 Å². The van der Waals surface area contributed by atoms with Gasteiger partial charge in [0.15, 0.2) is 13.2 Å². The predicted molar refractivity (Wildman–Crippen MR) is 92.7 cm³/mol. The molecule has 0 saturated heterocycles. The van der Waals surface area contributed by atoms with Crippen molar-refractivity contribution < 1.29 is 23.5 Å². The van der Waals surface area contributed by atoms with Crippen LogP contribution in [0.1, 0.15) is 5.56 Å². The third-order valence-corrected chi connectivity index (χ3v) is 3.77. The van der Waals surface area contributed by atoms with E-state index in [9.17, 15) is 14.0 Å². The van der Waals surface area contributed by atoms with E-state index in [4.69, 9.17) is 32.7 Å². The first kappa shape index (κ1) is 19.0. The van der Waals surface area contributed by atoms with Gasteiger partial charge in [0.1, 0.15) is 11.6 Å². The van der Waals surface area contributed by atoms with Crippen molar-refractivity contribution in [2.75, 3.05) is 18.5 Å². The number of rotatable bonds is 6. The van der Waals surface area contributed by atoms with Crippen LogP contribution in [0.15, 0.2) is 36.4 Å². The summed E-state index contributed by atoms with van der Waals surface area (Å²) < 4.78 is 23.1. The van der Waals surface area contributed by atoms with Crippen LogP contribution in [0.5, 0.6) is 5.75 Å². The van der Waals surface area contributed by atoms with E-state index in [1.807, 2.05) is 0 Å². The number of benzene rings is 2. The molecule has 1 amide bonds. The van der Waals surface area contributed by atoms with Crippen molar-refractivity contribution in [1.82, 2.24) is 0 Å². The van der Waals surface area contributed by atoms with Crippen molar-refractivity contribution in [1.29, 1.82) is 0 Å². The van der Waals surface area contributed by atoms with E-state index in [0.29, 0.717) is 16.5 Å². The molecular formula is C17H14Cl2FNO4. The molecule has 5 nitrogen and oxygen atoms in total. The number of esters is 1. The molecule has 2 aromatic carbocycles. The lowest BCUT2D eigenvalue weighted by Gasteiger charge is -2.09. The average Bonchev–Trinajstić information content (AvgIpc) is 2.57. The number of halogens is 3. The van der Waals surface area contributed by atoms with E-state index in [0.717, 1.165) is 11.6 Å². The Morgan fingerprint density at radius 1 is 1.08 bits per heavy atom. The Bertz CT molecular complexity index is 798. The number of anilines is 1. The van der Waals surface area contributed by atoms with Crippen molar-refractivity contribution in [3.05, 3.63) is 57.8 Å². The summed E-state index contributed by atoms with van der Waals surface area (Å²) in [5.74, 6) is -1.43. The average molecular weight is 386 g/mol. The molecule has 0 radical (unpaired) electrons. The second kappa shape index (κ2) is 8.69. The third-order valence-electron chi connectivity index (χ3n) is 3.05. The minimum Gasteiger partial charge on any atom is -0.482 e. The van der Waals surface area contributed by atoms with Gasteiger partial charge in [-0.25, -0.2) is 9.18 Å². The maximum absolute atomic E-state index is 13.0. The van der Waals surface area contributed by atoms with Crippen LogP contribution in [-0.2, 0) is 14.3 Å². The van der Waals surface area contributed by atoms with E-state index in [1.54, 1.807) is 25.1 Å². The van der Waals surface area contributed by atoms with Crippen LogP contribution in [0.2, 0.25) is 10.0 Å². The van der Waals surface area contributed by atoms with Crippen LogP contribution in [0.4, 0.5) is 10.1 Å². The molecule has 0 unspecified atom stereocenters. The molecule has 0 atom stereocenters. The molecule has 0 bridgehead atoms. The van der Waals surface area contributed by atoms with Crippen LogP contribution in [-0.4, -0.2) is 25.1 Å². The van der Waals surface area contributed by atoms with E-state index in [1.165, 1.54) is 12.1 Å². The van der Waals surface area contributed by atoms with Gasteiger partial charge in [-0.15, -0.1) is 0 Å². The number of ether oxygens (including phenoxy) is 2. The molecule has 0 aliphatic carbocycles. The van der Waals surface area contributed by atoms with Gasteiger partial charge in [-0.05, 0) is 48.9 Å². The SMILES string of the molecule is Cc1cc(OCC(=O)OCC(=O)Nc2ccc(F)c(Cl)c2)ccc1Cl. The monoisotopic (exact) mass is 385 g/mol. The molecular weight excluding hydrogens is 372 g/mol. The molecule has 1 N–H and O–H groups in total. The quantitative estimate of drug-likeness (QED) is 0.763. The lowest BCUT2D eigenvalue weighted by molar-refractivity contribution is -0.149. The number of carbonyl (C=O) groups excluding carboxylic acids is 2. The Kier molecular flexibility index (Phi) is 6.61. The third kappa shape index (κ3) is 5.92. The van der Waals surface area contributed by atoms with Crippen molar-refractivity contribution in [3.63, 3.8) is 0 Å². The van der Waals surface area contributed by atoms with E-state index in [-0.39, 0.29) is 11.6 Å². The van der Waals surface area contributed by atoms with E-state index < -0.39 is 24.3 Å². The van der Waals surface area contributed by atoms with Gasteiger partial charge in [0.25, 0.3) is 5.91 Å². The van der Waals surface area contributed by atoms with Crippen molar-refractivity contribution in [2.24, 2.45) is 0 Å². The number of carbonyl (C=O) groups is 2. The molecule has 2 aromatic rings. The zero-order valence-corrected chi connectivity index (χ0v) is 14.7. The predicted octanol–water partition coefficient (Wildman–Crippen LogP) is 4.00. The molecule has 8 heteroatoms. The fraction of sp³-hybridized carbons (Fsp3) is 0.176. The highest BCUT2D eigenvalue weighted by atomic mass is 35.5. The summed E-state index contributed by atoms with van der Waals surface area (Å²) >= 11 is 11.5. The number of hydrogen-bond donors (Lipinski definition) is 1. The Morgan fingerprint density at radius 3 is 2.52 bits per heavy atom. The lowest BCUT2D eigenvalue weighted by atomic mass is 10.2. The summed E-state index contributed by atoms with van der Waals surface area (Å²) in [6.45, 7) is 0.952. The van der Waals surface area contributed by atoms with Gasteiger partial charge < -0.3 is 14.8 Å². The fourth-order valence-electron chi connectivity index (χ4n) is 1.81. The molecule has 0 saturated carbocycles. The van der Waals surface area contributed by atoms with Crippen LogP contribution < -0.4 is 10.1 Å². The van der Waals surface area contributed by atoms with Crippen LogP contribution in [0.3, 0.4) is 0 Å². The molecule has 25 heavy (non-hydrogen) atoms. The van der Waals surface area contributed by atoms with Crippen LogP contribution in [0, 0.1) is 12.7 Å². The number of hydrogen-bond acceptors (Lipinski definition) is 4.